The molecule has 0 bridgehead atoms. The van der Waals surface area contributed by atoms with Crippen LogP contribution in [0.15, 0.2) is 11.6 Å². The van der Waals surface area contributed by atoms with Crippen molar-refractivity contribution < 1.29 is 24.2 Å². The van der Waals surface area contributed by atoms with Crippen LogP contribution in [0.5, 0.6) is 0 Å². The van der Waals surface area contributed by atoms with E-state index < -0.39 is 18.4 Å². The van der Waals surface area contributed by atoms with Crippen LogP contribution >= 0.6 is 0 Å². The highest BCUT2D eigenvalue weighted by Crippen LogP contribution is 1.97. The molecule has 0 aromatic heterocycles. The van der Waals surface area contributed by atoms with E-state index >= 15 is 0 Å². The van der Waals surface area contributed by atoms with Gasteiger partial charge >= 0.3 is 11.9 Å². The van der Waals surface area contributed by atoms with E-state index in [1.54, 1.807) is 6.92 Å². The van der Waals surface area contributed by atoms with Gasteiger partial charge in [0.05, 0.1) is 0 Å². The molecule has 0 N–H and O–H groups in total. The van der Waals surface area contributed by atoms with Crippen molar-refractivity contribution in [3.8, 4) is 0 Å². The van der Waals surface area contributed by atoms with Crippen LogP contribution in [0.2, 0.25) is 0 Å². The molecule has 5 heteroatoms. The quantitative estimate of drug-likeness (QED) is 0.293. The van der Waals surface area contributed by atoms with Gasteiger partial charge in [0.15, 0.2) is 0 Å². The summed E-state index contributed by atoms with van der Waals surface area (Å²) in [4.78, 5) is 40.3. The number of carbonyl (C=O) groups excluding carboxylic acids is 3. The van der Waals surface area contributed by atoms with Gasteiger partial charge in [-0.2, -0.15) is 0 Å². The Balaban J connectivity index is 3.89. The van der Waals surface area contributed by atoms with Crippen molar-refractivity contribution >= 4 is 17.7 Å². The van der Waals surface area contributed by atoms with E-state index in [2.05, 4.69) is 9.78 Å². The summed E-state index contributed by atoms with van der Waals surface area (Å²) in [6.07, 6.45) is 1.11. The standard InChI is InChI=1S/C9H12O5/c1-4-6(2)9(12)14-13-8(11)5-7(3)10/h4H,5H2,1-3H3. The Morgan fingerprint density at radius 3 is 2.14 bits per heavy atom. The maximum atomic E-state index is 10.9. The van der Waals surface area contributed by atoms with Crippen molar-refractivity contribution in [1.82, 2.24) is 0 Å². The number of hydrogen-bond acceptors (Lipinski definition) is 5. The van der Waals surface area contributed by atoms with E-state index in [1.165, 1.54) is 19.9 Å². The predicted octanol–water partition coefficient (Wildman–Crippen LogP) is 0.933. The molecule has 0 fully saturated rings. The van der Waals surface area contributed by atoms with Crippen LogP contribution in [0.1, 0.15) is 27.2 Å². The summed E-state index contributed by atoms with van der Waals surface area (Å²) in [6, 6.07) is 0. The first-order valence-corrected chi connectivity index (χ1v) is 4.01. The van der Waals surface area contributed by atoms with Crippen molar-refractivity contribution in [3.63, 3.8) is 0 Å². The normalized spacial score (nSPS) is 10.6. The Morgan fingerprint density at radius 2 is 1.71 bits per heavy atom. The van der Waals surface area contributed by atoms with Crippen molar-refractivity contribution in [2.75, 3.05) is 0 Å². The summed E-state index contributed by atoms with van der Waals surface area (Å²) in [5.41, 5.74) is 0.320. The first-order valence-electron chi connectivity index (χ1n) is 4.01. The van der Waals surface area contributed by atoms with Crippen LogP contribution in [0.25, 0.3) is 0 Å². The molecular weight excluding hydrogens is 188 g/mol. The smallest absolute Gasteiger partial charge is 0.299 e. The van der Waals surface area contributed by atoms with Crippen molar-refractivity contribution in [1.29, 1.82) is 0 Å². The molecule has 0 aromatic rings. The Hall–Kier alpha value is -1.65. The first kappa shape index (κ1) is 12.3. The van der Waals surface area contributed by atoms with E-state index in [9.17, 15) is 14.4 Å². The Morgan fingerprint density at radius 1 is 1.14 bits per heavy atom. The van der Waals surface area contributed by atoms with Gasteiger partial charge in [-0.25, -0.2) is 19.4 Å². The Labute approximate surface area is 81.6 Å². The van der Waals surface area contributed by atoms with E-state index in [0.717, 1.165) is 0 Å². The van der Waals surface area contributed by atoms with E-state index in [4.69, 9.17) is 0 Å². The lowest BCUT2D eigenvalue weighted by Gasteiger charge is -2.01. The third kappa shape index (κ3) is 5.08. The lowest BCUT2D eigenvalue weighted by Crippen LogP contribution is -2.13. The molecule has 0 saturated heterocycles. The average Bonchev–Trinajstić information content (AvgIpc) is 2.11. The summed E-state index contributed by atoms with van der Waals surface area (Å²) < 4.78 is 0. The maximum absolute atomic E-state index is 10.9. The molecule has 0 aliphatic heterocycles. The minimum absolute atomic E-state index is 0.320. The predicted molar refractivity (Wildman–Crippen MR) is 46.9 cm³/mol. The maximum Gasteiger partial charge on any atom is 0.381 e. The van der Waals surface area contributed by atoms with Gasteiger partial charge in [0.1, 0.15) is 12.2 Å². The van der Waals surface area contributed by atoms with E-state index in [1.807, 2.05) is 0 Å². The van der Waals surface area contributed by atoms with Crippen LogP contribution < -0.4 is 0 Å². The second-order valence-corrected chi connectivity index (χ2v) is 2.68. The van der Waals surface area contributed by atoms with Gasteiger partial charge < -0.3 is 0 Å². The lowest BCUT2D eigenvalue weighted by molar-refractivity contribution is -0.255. The van der Waals surface area contributed by atoms with Crippen LogP contribution in [0, 0.1) is 0 Å². The molecule has 5 nitrogen and oxygen atoms in total. The molecule has 0 atom stereocenters. The number of Topliss-reactive ketones (excluding diaryl/α,β-unsaturated/α-hetero) is 1. The summed E-state index contributed by atoms with van der Waals surface area (Å²) >= 11 is 0. The van der Waals surface area contributed by atoms with Crippen molar-refractivity contribution in [3.05, 3.63) is 11.6 Å². The highest BCUT2D eigenvalue weighted by Gasteiger charge is 2.12. The number of hydrogen-bond donors (Lipinski definition) is 0. The molecular formula is C9H12O5. The highest BCUT2D eigenvalue weighted by molar-refractivity contribution is 5.94. The van der Waals surface area contributed by atoms with Crippen LogP contribution in [-0.2, 0) is 24.2 Å². The van der Waals surface area contributed by atoms with Crippen LogP contribution in [0.4, 0.5) is 0 Å². The molecule has 14 heavy (non-hydrogen) atoms. The van der Waals surface area contributed by atoms with Gasteiger partial charge in [0.2, 0.25) is 0 Å². The molecule has 0 heterocycles. The van der Waals surface area contributed by atoms with E-state index in [0.29, 0.717) is 5.57 Å². The molecule has 0 radical (unpaired) electrons. The fourth-order valence-electron chi connectivity index (χ4n) is 0.501. The topological polar surface area (TPSA) is 69.7 Å². The molecule has 0 aromatic carbocycles. The Kier molecular flexibility index (Phi) is 5.21. The number of ketones is 1. The van der Waals surface area contributed by atoms with Gasteiger partial charge in [-0.15, -0.1) is 0 Å². The fourth-order valence-corrected chi connectivity index (χ4v) is 0.501. The van der Waals surface area contributed by atoms with Crippen molar-refractivity contribution in [2.24, 2.45) is 0 Å². The second-order valence-electron chi connectivity index (χ2n) is 2.68. The summed E-state index contributed by atoms with van der Waals surface area (Å²) in [6.45, 7) is 4.40. The SMILES string of the molecule is CC=C(C)C(=O)OOC(=O)CC(C)=O. The molecule has 0 aliphatic carbocycles. The average molecular weight is 200 g/mol. The highest BCUT2D eigenvalue weighted by atomic mass is 17.2. The summed E-state index contributed by atoms with van der Waals surface area (Å²) in [5.74, 6) is -1.98. The molecule has 78 valence electrons. The third-order valence-electron chi connectivity index (χ3n) is 1.36. The zero-order valence-electron chi connectivity index (χ0n) is 8.33. The second kappa shape index (κ2) is 5.90. The van der Waals surface area contributed by atoms with Crippen LogP contribution in [-0.4, -0.2) is 17.7 Å². The van der Waals surface area contributed by atoms with Gasteiger partial charge in [-0.3, -0.25) is 4.79 Å². The third-order valence-corrected chi connectivity index (χ3v) is 1.36. The zero-order valence-corrected chi connectivity index (χ0v) is 8.33. The minimum Gasteiger partial charge on any atom is -0.299 e. The monoisotopic (exact) mass is 200 g/mol. The summed E-state index contributed by atoms with van der Waals surface area (Å²) in [7, 11) is 0. The Bertz CT molecular complexity index is 277. The first-order chi connectivity index (χ1) is 6.47. The molecule has 0 aliphatic rings. The molecule has 0 unspecified atom stereocenters. The van der Waals surface area contributed by atoms with Gasteiger partial charge in [0.25, 0.3) is 0 Å². The zero-order chi connectivity index (χ0) is 11.1. The molecule has 0 amide bonds. The van der Waals surface area contributed by atoms with Crippen molar-refractivity contribution in [2.45, 2.75) is 27.2 Å². The number of allylic oxidation sites excluding steroid dienone is 1. The van der Waals surface area contributed by atoms with Gasteiger partial charge in [0, 0.05) is 5.57 Å². The number of carbonyl (C=O) groups is 3. The molecule has 0 spiro atoms. The van der Waals surface area contributed by atoms with Gasteiger partial charge in [-0.05, 0) is 20.8 Å². The summed E-state index contributed by atoms with van der Waals surface area (Å²) in [5, 5.41) is 0. The fraction of sp³-hybridized carbons (Fsp3) is 0.444. The minimum atomic E-state index is -0.880. The van der Waals surface area contributed by atoms with Gasteiger partial charge in [-0.1, -0.05) is 6.08 Å². The lowest BCUT2D eigenvalue weighted by atomic mass is 10.3. The molecule has 0 saturated carbocycles. The number of rotatable bonds is 3. The van der Waals surface area contributed by atoms with E-state index in [-0.39, 0.29) is 5.78 Å². The largest absolute Gasteiger partial charge is 0.381 e. The van der Waals surface area contributed by atoms with Crippen LogP contribution in [0.3, 0.4) is 0 Å². The molecule has 0 rings (SSSR count).